The van der Waals surface area contributed by atoms with Gasteiger partial charge in [0.25, 0.3) is 0 Å². The van der Waals surface area contributed by atoms with E-state index in [2.05, 4.69) is 61.7 Å². The van der Waals surface area contributed by atoms with E-state index in [4.69, 9.17) is 6.42 Å². The molecule has 0 atom stereocenters. The molecule has 0 unspecified atom stereocenters. The molecule has 122 valence electrons. The Morgan fingerprint density at radius 3 is 2.17 bits per heavy atom. The first-order valence-electron chi connectivity index (χ1n) is 8.19. The van der Waals surface area contributed by atoms with Gasteiger partial charge in [-0.1, -0.05) is 37.4 Å². The standard InChI is InChI=1S/C22H24SSi/c1-6-21-12-9-20(17-18(21)2)8-7-19-10-13-22(14-11-19)23-15-16-24(3,4)5/h1,9-14,17H,15-16H2,2-5H3. The zero-order chi connectivity index (χ0) is 17.6. The number of aryl methyl sites for hydroxylation is 1. The van der Waals surface area contributed by atoms with E-state index in [-0.39, 0.29) is 0 Å². The summed E-state index contributed by atoms with van der Waals surface area (Å²) >= 11 is 1.94. The Labute approximate surface area is 152 Å². The van der Waals surface area contributed by atoms with Crippen molar-refractivity contribution in [3.05, 3.63) is 64.7 Å². The fourth-order valence-corrected chi connectivity index (χ4v) is 5.58. The second-order valence-electron chi connectivity index (χ2n) is 7.11. The second-order valence-corrected chi connectivity index (χ2v) is 13.9. The summed E-state index contributed by atoms with van der Waals surface area (Å²) in [5.41, 5.74) is 4.07. The van der Waals surface area contributed by atoms with Gasteiger partial charge in [0.2, 0.25) is 0 Å². The molecule has 0 aliphatic heterocycles. The topological polar surface area (TPSA) is 0 Å². The highest BCUT2D eigenvalue weighted by Gasteiger charge is 2.12. The molecular weight excluding hydrogens is 324 g/mol. The third kappa shape index (κ3) is 5.97. The van der Waals surface area contributed by atoms with Crippen molar-refractivity contribution in [2.45, 2.75) is 37.5 Å². The van der Waals surface area contributed by atoms with E-state index in [9.17, 15) is 0 Å². The summed E-state index contributed by atoms with van der Waals surface area (Å²) in [5.74, 6) is 10.3. The van der Waals surface area contributed by atoms with Gasteiger partial charge < -0.3 is 0 Å². The van der Waals surface area contributed by atoms with Crippen LogP contribution in [-0.4, -0.2) is 13.8 Å². The zero-order valence-corrected chi connectivity index (χ0v) is 16.8. The van der Waals surface area contributed by atoms with Gasteiger partial charge >= 0.3 is 0 Å². The van der Waals surface area contributed by atoms with Crippen LogP contribution in [0.1, 0.15) is 22.3 Å². The zero-order valence-electron chi connectivity index (χ0n) is 14.9. The minimum absolute atomic E-state index is 0.931. The molecule has 2 aromatic carbocycles. The summed E-state index contributed by atoms with van der Waals surface area (Å²) < 4.78 is 0. The van der Waals surface area contributed by atoms with E-state index in [0.29, 0.717) is 0 Å². The Morgan fingerprint density at radius 2 is 1.58 bits per heavy atom. The van der Waals surface area contributed by atoms with Crippen LogP contribution in [-0.2, 0) is 0 Å². The minimum Gasteiger partial charge on any atom is -0.126 e. The molecule has 0 spiro atoms. The van der Waals surface area contributed by atoms with Gasteiger partial charge in [0.15, 0.2) is 0 Å². The van der Waals surface area contributed by atoms with Gasteiger partial charge in [0, 0.05) is 29.7 Å². The van der Waals surface area contributed by atoms with Crippen molar-refractivity contribution in [1.29, 1.82) is 0 Å². The van der Waals surface area contributed by atoms with Gasteiger partial charge in [0.1, 0.15) is 0 Å². The second kappa shape index (κ2) is 8.29. The molecule has 0 radical (unpaired) electrons. The molecule has 0 N–H and O–H groups in total. The number of terminal acetylenes is 1. The average molecular weight is 349 g/mol. The van der Waals surface area contributed by atoms with E-state index in [1.807, 2.05) is 36.9 Å². The smallest absolute Gasteiger partial charge is 0.0450 e. The van der Waals surface area contributed by atoms with Crippen LogP contribution in [0.25, 0.3) is 0 Å². The maximum atomic E-state index is 5.45. The van der Waals surface area contributed by atoms with E-state index >= 15 is 0 Å². The van der Waals surface area contributed by atoms with Gasteiger partial charge in [-0.15, -0.1) is 18.2 Å². The highest BCUT2D eigenvalue weighted by Crippen LogP contribution is 2.22. The Hall–Kier alpha value is -1.87. The normalized spacial score (nSPS) is 10.6. The highest BCUT2D eigenvalue weighted by atomic mass is 32.2. The molecular formula is C22H24SSi. The van der Waals surface area contributed by atoms with Crippen molar-refractivity contribution in [3.8, 4) is 24.2 Å². The molecule has 0 aliphatic carbocycles. The van der Waals surface area contributed by atoms with Gasteiger partial charge in [-0.2, -0.15) is 0 Å². The van der Waals surface area contributed by atoms with Crippen LogP contribution in [0.2, 0.25) is 25.7 Å². The predicted molar refractivity (Wildman–Crippen MR) is 110 cm³/mol. The summed E-state index contributed by atoms with van der Waals surface area (Å²) in [5, 5.41) is 0. The number of thioether (sulfide) groups is 1. The molecule has 0 fully saturated rings. The van der Waals surface area contributed by atoms with Crippen LogP contribution < -0.4 is 0 Å². The monoisotopic (exact) mass is 348 g/mol. The van der Waals surface area contributed by atoms with Crippen LogP contribution in [0.15, 0.2) is 47.4 Å². The summed E-state index contributed by atoms with van der Waals surface area (Å²) in [7, 11) is -0.939. The largest absolute Gasteiger partial charge is 0.126 e. The lowest BCUT2D eigenvalue weighted by Gasteiger charge is -2.14. The van der Waals surface area contributed by atoms with Crippen molar-refractivity contribution < 1.29 is 0 Å². The Bertz CT molecular complexity index is 793. The van der Waals surface area contributed by atoms with Gasteiger partial charge in [-0.05, 0) is 66.7 Å². The van der Waals surface area contributed by atoms with Crippen molar-refractivity contribution in [2.75, 3.05) is 5.75 Å². The Morgan fingerprint density at radius 1 is 0.958 bits per heavy atom. The summed E-state index contributed by atoms with van der Waals surface area (Å²) in [6.07, 6.45) is 5.45. The first-order valence-corrected chi connectivity index (χ1v) is 12.9. The molecule has 2 aromatic rings. The molecule has 0 amide bonds. The van der Waals surface area contributed by atoms with Crippen LogP contribution >= 0.6 is 11.8 Å². The van der Waals surface area contributed by atoms with Crippen LogP contribution in [0.3, 0.4) is 0 Å². The van der Waals surface area contributed by atoms with E-state index in [1.54, 1.807) is 0 Å². The summed E-state index contributed by atoms with van der Waals surface area (Å²) in [6.45, 7) is 9.28. The van der Waals surface area contributed by atoms with Crippen LogP contribution in [0.4, 0.5) is 0 Å². The van der Waals surface area contributed by atoms with Crippen LogP contribution in [0, 0.1) is 31.1 Å². The average Bonchev–Trinajstić information content (AvgIpc) is 2.53. The van der Waals surface area contributed by atoms with Crippen LogP contribution in [0.5, 0.6) is 0 Å². The van der Waals surface area contributed by atoms with Gasteiger partial charge in [0.05, 0.1) is 0 Å². The van der Waals surface area contributed by atoms with Crippen molar-refractivity contribution in [3.63, 3.8) is 0 Å². The number of rotatable bonds is 4. The number of hydrogen-bond acceptors (Lipinski definition) is 1. The lowest BCUT2D eigenvalue weighted by molar-refractivity contribution is 1.35. The molecule has 24 heavy (non-hydrogen) atoms. The van der Waals surface area contributed by atoms with E-state index < -0.39 is 8.07 Å². The molecule has 2 heteroatoms. The number of hydrogen-bond donors (Lipinski definition) is 0. The van der Waals surface area contributed by atoms with Crippen molar-refractivity contribution >= 4 is 19.8 Å². The fraction of sp³-hybridized carbons (Fsp3) is 0.273. The summed E-state index contributed by atoms with van der Waals surface area (Å²) in [6, 6.07) is 15.9. The molecule has 0 aromatic heterocycles. The number of benzene rings is 2. The third-order valence-electron chi connectivity index (χ3n) is 3.71. The first-order chi connectivity index (χ1) is 11.4. The molecule has 0 saturated heterocycles. The maximum absolute atomic E-state index is 5.45. The highest BCUT2D eigenvalue weighted by molar-refractivity contribution is 7.99. The Kier molecular flexibility index (Phi) is 6.38. The SMILES string of the molecule is C#Cc1ccc(C#Cc2ccc(SCC[Si](C)(C)C)cc2)cc1C. The molecule has 2 rings (SSSR count). The molecule has 0 nitrogen and oxygen atoms in total. The Balaban J connectivity index is 2.00. The van der Waals surface area contributed by atoms with E-state index in [0.717, 1.165) is 22.3 Å². The van der Waals surface area contributed by atoms with E-state index in [1.165, 1.54) is 16.7 Å². The minimum atomic E-state index is -0.939. The molecule has 0 aliphatic rings. The quantitative estimate of drug-likeness (QED) is 0.382. The summed E-state index contributed by atoms with van der Waals surface area (Å²) in [4.78, 5) is 1.33. The molecule has 0 saturated carbocycles. The first kappa shape index (κ1) is 18.5. The van der Waals surface area contributed by atoms with Gasteiger partial charge in [-0.3, -0.25) is 0 Å². The lowest BCUT2D eigenvalue weighted by atomic mass is 10.1. The maximum Gasteiger partial charge on any atom is 0.0450 e. The molecule has 0 heterocycles. The fourth-order valence-electron chi connectivity index (χ4n) is 2.16. The van der Waals surface area contributed by atoms with Gasteiger partial charge in [-0.25, -0.2) is 0 Å². The predicted octanol–water partition coefficient (Wildman–Crippen LogP) is 5.81. The third-order valence-corrected chi connectivity index (χ3v) is 6.83. The van der Waals surface area contributed by atoms with Crippen molar-refractivity contribution in [1.82, 2.24) is 0 Å². The van der Waals surface area contributed by atoms with Crippen molar-refractivity contribution in [2.24, 2.45) is 0 Å². The molecule has 0 bridgehead atoms. The lowest BCUT2D eigenvalue weighted by Crippen LogP contribution is -2.19.